The number of nitrogens with zero attached hydrogens (tertiary/aromatic N) is 3. The molecule has 186 valence electrons. The summed E-state index contributed by atoms with van der Waals surface area (Å²) < 4.78 is 0. The van der Waals surface area contributed by atoms with Gasteiger partial charge in [-0.2, -0.15) is 0 Å². The minimum atomic E-state index is -0.610. The maximum atomic E-state index is 13.1. The van der Waals surface area contributed by atoms with E-state index < -0.39 is 11.9 Å². The SMILES string of the molecule is O=C1CCC(N2Cc3c(C#CC4CCN(Cc5cccc6cnccc56)CC4)cccc3C2=O)C(=O)N1. The lowest BCUT2D eigenvalue weighted by Crippen LogP contribution is -2.52. The summed E-state index contributed by atoms with van der Waals surface area (Å²) in [7, 11) is 0. The molecule has 3 aliphatic rings. The second-order valence-electron chi connectivity index (χ2n) is 10.1. The van der Waals surface area contributed by atoms with E-state index in [1.165, 1.54) is 16.3 Å². The van der Waals surface area contributed by atoms with Crippen molar-refractivity contribution in [3.05, 3.63) is 77.1 Å². The Morgan fingerprint density at radius 2 is 1.84 bits per heavy atom. The molecule has 2 saturated heterocycles. The number of benzene rings is 2. The molecule has 6 rings (SSSR count). The van der Waals surface area contributed by atoms with E-state index in [-0.39, 0.29) is 18.2 Å². The van der Waals surface area contributed by atoms with Gasteiger partial charge >= 0.3 is 0 Å². The van der Waals surface area contributed by atoms with E-state index in [4.69, 9.17) is 0 Å². The molecular formula is C30H28N4O3. The molecule has 0 aliphatic carbocycles. The van der Waals surface area contributed by atoms with Crippen molar-refractivity contribution in [2.75, 3.05) is 13.1 Å². The molecule has 2 fully saturated rings. The zero-order chi connectivity index (χ0) is 25.4. The van der Waals surface area contributed by atoms with Crippen LogP contribution < -0.4 is 5.32 Å². The third-order valence-electron chi connectivity index (χ3n) is 7.75. The van der Waals surface area contributed by atoms with Crippen molar-refractivity contribution in [2.24, 2.45) is 5.92 Å². The Morgan fingerprint density at radius 1 is 1.00 bits per heavy atom. The van der Waals surface area contributed by atoms with Crippen molar-refractivity contribution < 1.29 is 14.4 Å². The molecule has 0 bridgehead atoms. The van der Waals surface area contributed by atoms with Crippen LogP contribution in [0.5, 0.6) is 0 Å². The third kappa shape index (κ3) is 4.61. The van der Waals surface area contributed by atoms with Crippen molar-refractivity contribution in [3.8, 4) is 11.8 Å². The lowest BCUT2D eigenvalue weighted by molar-refractivity contribution is -0.136. The van der Waals surface area contributed by atoms with Crippen LogP contribution in [0.15, 0.2) is 54.9 Å². The maximum absolute atomic E-state index is 13.1. The van der Waals surface area contributed by atoms with E-state index in [2.05, 4.69) is 51.3 Å². The Bertz CT molecular complexity index is 1460. The Kier molecular flexibility index (Phi) is 6.19. The first-order chi connectivity index (χ1) is 18.1. The number of pyridine rings is 1. The van der Waals surface area contributed by atoms with Crippen molar-refractivity contribution >= 4 is 28.5 Å². The highest BCUT2D eigenvalue weighted by Crippen LogP contribution is 2.30. The molecule has 1 unspecified atom stereocenters. The average Bonchev–Trinajstić information content (AvgIpc) is 3.25. The van der Waals surface area contributed by atoms with Crippen LogP contribution in [-0.4, -0.2) is 51.6 Å². The molecule has 3 amide bonds. The van der Waals surface area contributed by atoms with Crippen LogP contribution in [0, 0.1) is 17.8 Å². The van der Waals surface area contributed by atoms with Crippen LogP contribution in [0.4, 0.5) is 0 Å². The van der Waals surface area contributed by atoms with Gasteiger partial charge in [0, 0.05) is 54.3 Å². The van der Waals surface area contributed by atoms with Gasteiger partial charge in [-0.05, 0) is 67.1 Å². The number of carbonyl (C=O) groups is 3. The minimum absolute atomic E-state index is 0.161. The smallest absolute Gasteiger partial charge is 0.255 e. The standard InChI is InChI=1S/C30H28N4O3/c35-28-10-9-27(29(36)32-28)34-19-26-21(3-2-6-25(26)30(34)37)8-7-20-12-15-33(16-13-20)18-23-5-1-4-22-17-31-14-11-24(22)23/h1-6,11,14,17,20,27H,9-10,12-13,15-16,18-19H2,(H,32,35,36). The van der Waals surface area contributed by atoms with Gasteiger partial charge in [0.1, 0.15) is 6.04 Å². The molecule has 1 atom stereocenters. The first kappa shape index (κ1) is 23.4. The van der Waals surface area contributed by atoms with E-state index in [9.17, 15) is 14.4 Å². The predicted molar refractivity (Wildman–Crippen MR) is 139 cm³/mol. The number of rotatable bonds is 3. The van der Waals surface area contributed by atoms with Gasteiger partial charge in [-0.1, -0.05) is 36.1 Å². The number of aromatic nitrogens is 1. The normalized spacial score (nSPS) is 20.5. The van der Waals surface area contributed by atoms with Gasteiger partial charge in [-0.3, -0.25) is 29.6 Å². The van der Waals surface area contributed by atoms with Gasteiger partial charge in [-0.25, -0.2) is 0 Å². The van der Waals surface area contributed by atoms with Crippen molar-refractivity contribution in [3.63, 3.8) is 0 Å². The molecule has 7 heteroatoms. The largest absolute Gasteiger partial charge is 0.322 e. The van der Waals surface area contributed by atoms with E-state index in [1.54, 1.807) is 11.0 Å². The fourth-order valence-corrected chi connectivity index (χ4v) is 5.69. The minimum Gasteiger partial charge on any atom is -0.322 e. The summed E-state index contributed by atoms with van der Waals surface area (Å²) in [5, 5.41) is 4.79. The van der Waals surface area contributed by atoms with Crippen LogP contribution in [-0.2, 0) is 22.7 Å². The molecule has 37 heavy (non-hydrogen) atoms. The number of imide groups is 1. The van der Waals surface area contributed by atoms with Crippen LogP contribution in [0.25, 0.3) is 10.8 Å². The number of fused-ring (bicyclic) bond motifs is 2. The molecule has 3 aromatic rings. The number of amides is 3. The highest BCUT2D eigenvalue weighted by Gasteiger charge is 2.39. The Balaban J connectivity index is 1.11. The second kappa shape index (κ2) is 9.79. The number of hydrogen-bond acceptors (Lipinski definition) is 5. The van der Waals surface area contributed by atoms with Crippen molar-refractivity contribution in [2.45, 2.75) is 44.8 Å². The van der Waals surface area contributed by atoms with Crippen LogP contribution in [0.2, 0.25) is 0 Å². The van der Waals surface area contributed by atoms with Crippen molar-refractivity contribution in [1.29, 1.82) is 0 Å². The number of likely N-dealkylation sites (tertiary alicyclic amines) is 1. The molecule has 0 spiro atoms. The van der Waals surface area contributed by atoms with Gasteiger partial charge in [0.25, 0.3) is 5.91 Å². The molecule has 0 saturated carbocycles. The summed E-state index contributed by atoms with van der Waals surface area (Å²) >= 11 is 0. The van der Waals surface area contributed by atoms with Gasteiger partial charge in [-0.15, -0.1) is 0 Å². The third-order valence-corrected chi connectivity index (χ3v) is 7.75. The average molecular weight is 493 g/mol. The summed E-state index contributed by atoms with van der Waals surface area (Å²) in [6.07, 6.45) is 6.40. The van der Waals surface area contributed by atoms with Crippen molar-refractivity contribution in [1.82, 2.24) is 20.1 Å². The van der Waals surface area contributed by atoms with Gasteiger partial charge in [0.15, 0.2) is 0 Å². The summed E-state index contributed by atoms with van der Waals surface area (Å²) in [5.74, 6) is 6.30. The van der Waals surface area contributed by atoms with Crippen LogP contribution >= 0.6 is 0 Å². The zero-order valence-electron chi connectivity index (χ0n) is 20.6. The maximum Gasteiger partial charge on any atom is 0.255 e. The Hall–Kier alpha value is -4.02. The molecule has 0 radical (unpaired) electrons. The van der Waals surface area contributed by atoms with Gasteiger partial charge in [0.2, 0.25) is 11.8 Å². The molecule has 3 aliphatic heterocycles. The predicted octanol–water partition coefficient (Wildman–Crippen LogP) is 3.26. The zero-order valence-corrected chi connectivity index (χ0v) is 20.6. The van der Waals surface area contributed by atoms with E-state index >= 15 is 0 Å². The summed E-state index contributed by atoms with van der Waals surface area (Å²) in [6, 6.07) is 13.5. The van der Waals surface area contributed by atoms with Crippen LogP contribution in [0.3, 0.4) is 0 Å². The molecule has 1 N–H and O–H groups in total. The lowest BCUT2D eigenvalue weighted by Gasteiger charge is -2.30. The highest BCUT2D eigenvalue weighted by molar-refractivity contribution is 6.05. The molecule has 4 heterocycles. The molecule has 2 aromatic carbocycles. The van der Waals surface area contributed by atoms with Crippen LogP contribution in [0.1, 0.15) is 52.7 Å². The number of carbonyl (C=O) groups excluding carboxylic acids is 3. The lowest BCUT2D eigenvalue weighted by atomic mass is 9.95. The number of hydrogen-bond donors (Lipinski definition) is 1. The molecule has 7 nitrogen and oxygen atoms in total. The fourth-order valence-electron chi connectivity index (χ4n) is 5.69. The Labute approximate surface area is 215 Å². The summed E-state index contributed by atoms with van der Waals surface area (Å²) in [5.41, 5.74) is 3.67. The summed E-state index contributed by atoms with van der Waals surface area (Å²) in [4.78, 5) is 45.2. The Morgan fingerprint density at radius 3 is 2.68 bits per heavy atom. The molecule has 1 aromatic heterocycles. The number of nitrogens with one attached hydrogen (secondary N) is 1. The van der Waals surface area contributed by atoms with Gasteiger partial charge in [0.05, 0.1) is 0 Å². The van der Waals surface area contributed by atoms with E-state index in [0.29, 0.717) is 24.4 Å². The summed E-state index contributed by atoms with van der Waals surface area (Å²) in [6.45, 7) is 3.27. The highest BCUT2D eigenvalue weighted by atomic mass is 16.2. The van der Waals surface area contributed by atoms with E-state index in [1.807, 2.05) is 24.5 Å². The first-order valence-electron chi connectivity index (χ1n) is 12.9. The first-order valence-corrected chi connectivity index (χ1v) is 12.9. The fraction of sp³-hybridized carbons (Fsp3) is 0.333. The topological polar surface area (TPSA) is 82.6 Å². The van der Waals surface area contributed by atoms with E-state index in [0.717, 1.165) is 43.6 Å². The second-order valence-corrected chi connectivity index (χ2v) is 10.1. The van der Waals surface area contributed by atoms with Gasteiger partial charge < -0.3 is 4.90 Å². The number of piperidine rings is 2. The quantitative estimate of drug-likeness (QED) is 0.448. The molecular weight excluding hydrogens is 464 g/mol. The monoisotopic (exact) mass is 492 g/mol.